The van der Waals surface area contributed by atoms with Crippen LogP contribution in [-0.4, -0.2) is 55.4 Å². The lowest BCUT2D eigenvalue weighted by Crippen LogP contribution is -2.41. The molecule has 2 rings (SSSR count). The summed E-state index contributed by atoms with van der Waals surface area (Å²) in [5, 5.41) is 0. The maximum Gasteiger partial charge on any atom is 0.249 e. The number of rotatable bonds is 7. The van der Waals surface area contributed by atoms with Crippen LogP contribution in [0, 0.1) is 0 Å². The number of benzene rings is 1. The molecule has 6 nitrogen and oxygen atoms in total. The zero-order valence-electron chi connectivity index (χ0n) is 15.1. The molecule has 1 aromatic rings. The average molecular weight is 364 g/mol. The van der Waals surface area contributed by atoms with Crippen LogP contribution in [0.3, 0.4) is 0 Å². The van der Waals surface area contributed by atoms with Gasteiger partial charge in [0.2, 0.25) is 21.6 Å². The number of Topliss-reactive ketones (excluding diaryl/α,β-unsaturated/α-hetero) is 2. The Kier molecular flexibility index (Phi) is 5.80. The summed E-state index contributed by atoms with van der Waals surface area (Å²) in [6.45, 7) is 8.42. The number of hydrogen-bond donors (Lipinski definition) is 0. The summed E-state index contributed by atoms with van der Waals surface area (Å²) in [5.41, 5.74) is 0.391. The maximum atomic E-state index is 13.1. The topological polar surface area (TPSA) is 74.8 Å². The normalized spacial score (nSPS) is 14.9. The lowest BCUT2D eigenvalue weighted by Gasteiger charge is -2.31. The van der Waals surface area contributed by atoms with Crippen molar-refractivity contribution in [2.45, 2.75) is 27.7 Å². The predicted molar refractivity (Wildman–Crippen MR) is 96.9 cm³/mol. The summed E-state index contributed by atoms with van der Waals surface area (Å²) >= 11 is 0. The fraction of sp³-hybridized carbons (Fsp3) is 0.444. The zero-order chi connectivity index (χ0) is 18.8. The third-order valence-corrected chi connectivity index (χ3v) is 6.53. The van der Waals surface area contributed by atoms with Gasteiger partial charge in [0.15, 0.2) is 4.91 Å². The number of sulfonamides is 1. The summed E-state index contributed by atoms with van der Waals surface area (Å²) in [6, 6.07) is 6.38. The van der Waals surface area contributed by atoms with Crippen LogP contribution in [0.5, 0.6) is 0 Å². The van der Waals surface area contributed by atoms with Gasteiger partial charge in [-0.3, -0.25) is 9.59 Å². The predicted octanol–water partition coefficient (Wildman–Crippen LogP) is 2.29. The molecule has 0 bridgehead atoms. The molecule has 0 radical (unpaired) electrons. The minimum atomic E-state index is -4.06. The fourth-order valence-electron chi connectivity index (χ4n) is 3.10. The maximum absolute atomic E-state index is 13.1. The molecule has 1 aliphatic rings. The van der Waals surface area contributed by atoms with Crippen LogP contribution < -0.4 is 0 Å². The number of ketones is 2. The smallest absolute Gasteiger partial charge is 0.249 e. The van der Waals surface area contributed by atoms with Crippen molar-refractivity contribution >= 4 is 21.6 Å². The van der Waals surface area contributed by atoms with E-state index in [1.807, 2.05) is 13.8 Å². The number of carbonyl (C=O) groups is 2. The van der Waals surface area contributed by atoms with E-state index in [1.165, 1.54) is 10.4 Å². The quantitative estimate of drug-likeness (QED) is 0.742. The molecule has 0 spiro atoms. The van der Waals surface area contributed by atoms with Gasteiger partial charge in [-0.1, -0.05) is 38.1 Å². The summed E-state index contributed by atoms with van der Waals surface area (Å²) in [4.78, 5) is 27.3. The molecule has 0 saturated carbocycles. The number of carbonyl (C=O) groups excluding carboxylic acids is 2. The Bertz CT molecular complexity index is 819. The Morgan fingerprint density at radius 2 is 1.28 bits per heavy atom. The van der Waals surface area contributed by atoms with Crippen LogP contribution >= 0.6 is 0 Å². The van der Waals surface area contributed by atoms with Gasteiger partial charge in [0.25, 0.3) is 0 Å². The molecule has 136 valence electrons. The lowest BCUT2D eigenvalue weighted by molar-refractivity contribution is 0.0948. The van der Waals surface area contributed by atoms with Crippen molar-refractivity contribution < 1.29 is 18.0 Å². The molecule has 0 fully saturated rings. The van der Waals surface area contributed by atoms with Gasteiger partial charge >= 0.3 is 0 Å². The Hall–Kier alpha value is -1.99. The monoisotopic (exact) mass is 364 g/mol. The Morgan fingerprint density at radius 3 is 1.72 bits per heavy atom. The van der Waals surface area contributed by atoms with E-state index in [-0.39, 0.29) is 29.9 Å². The van der Waals surface area contributed by atoms with Gasteiger partial charge in [0, 0.05) is 37.3 Å². The zero-order valence-corrected chi connectivity index (χ0v) is 15.9. The van der Waals surface area contributed by atoms with Crippen molar-refractivity contribution in [1.82, 2.24) is 9.21 Å². The molecule has 1 aliphatic carbocycles. The lowest BCUT2D eigenvalue weighted by atomic mass is 9.92. The highest BCUT2D eigenvalue weighted by Crippen LogP contribution is 2.32. The molecule has 0 N–H and O–H groups in total. The van der Waals surface area contributed by atoms with E-state index in [1.54, 1.807) is 36.9 Å². The first-order valence-electron chi connectivity index (χ1n) is 8.52. The Balaban J connectivity index is 2.83. The second kappa shape index (κ2) is 7.49. The van der Waals surface area contributed by atoms with Crippen molar-refractivity contribution in [2.75, 3.05) is 26.2 Å². The van der Waals surface area contributed by atoms with Crippen molar-refractivity contribution in [3.8, 4) is 0 Å². The van der Waals surface area contributed by atoms with E-state index in [0.717, 1.165) is 0 Å². The van der Waals surface area contributed by atoms with Gasteiger partial charge in [0.1, 0.15) is 5.70 Å². The second-order valence-corrected chi connectivity index (χ2v) is 7.52. The molecule has 7 heteroatoms. The van der Waals surface area contributed by atoms with Gasteiger partial charge in [-0.25, -0.2) is 8.42 Å². The van der Waals surface area contributed by atoms with E-state index in [4.69, 9.17) is 0 Å². The summed E-state index contributed by atoms with van der Waals surface area (Å²) < 4.78 is 27.5. The minimum Gasteiger partial charge on any atom is -0.368 e. The largest absolute Gasteiger partial charge is 0.368 e. The molecule has 0 aromatic heterocycles. The van der Waals surface area contributed by atoms with Crippen LogP contribution in [0.4, 0.5) is 0 Å². The fourth-order valence-corrected chi connectivity index (χ4v) is 4.85. The molecule has 0 unspecified atom stereocenters. The molecular weight excluding hydrogens is 340 g/mol. The summed E-state index contributed by atoms with van der Waals surface area (Å²) in [5.74, 6) is -1.02. The number of hydrogen-bond acceptors (Lipinski definition) is 5. The molecule has 0 amide bonds. The van der Waals surface area contributed by atoms with E-state index in [2.05, 4.69) is 0 Å². The van der Waals surface area contributed by atoms with Gasteiger partial charge in [-0.15, -0.1) is 0 Å². The molecule has 0 heterocycles. The van der Waals surface area contributed by atoms with Crippen molar-refractivity contribution in [3.05, 3.63) is 46.0 Å². The standard InChI is InChI=1S/C18H24N2O4S/c1-5-19(6-2)15-16(21)13-11-9-10-12-14(13)17(22)18(15)25(23,24)20(7-3)8-4/h9-12H,5-8H2,1-4H3. The van der Waals surface area contributed by atoms with Crippen molar-refractivity contribution in [2.24, 2.45) is 0 Å². The van der Waals surface area contributed by atoms with Gasteiger partial charge in [-0.05, 0) is 13.8 Å². The minimum absolute atomic E-state index is 0.0133. The highest BCUT2D eigenvalue weighted by atomic mass is 32.2. The number of allylic oxidation sites excluding steroid dienone is 2. The van der Waals surface area contributed by atoms with E-state index in [0.29, 0.717) is 13.1 Å². The van der Waals surface area contributed by atoms with E-state index >= 15 is 0 Å². The Morgan fingerprint density at radius 1 is 0.800 bits per heavy atom. The molecular formula is C18H24N2O4S. The van der Waals surface area contributed by atoms with Crippen LogP contribution in [-0.2, 0) is 10.0 Å². The van der Waals surface area contributed by atoms with Gasteiger partial charge < -0.3 is 4.90 Å². The van der Waals surface area contributed by atoms with Gasteiger partial charge in [0.05, 0.1) is 0 Å². The summed E-state index contributed by atoms with van der Waals surface area (Å²) in [7, 11) is -4.06. The highest BCUT2D eigenvalue weighted by Gasteiger charge is 2.42. The van der Waals surface area contributed by atoms with E-state index < -0.39 is 26.5 Å². The van der Waals surface area contributed by atoms with Gasteiger partial charge in [-0.2, -0.15) is 4.31 Å². The van der Waals surface area contributed by atoms with Crippen LogP contribution in [0.2, 0.25) is 0 Å². The van der Waals surface area contributed by atoms with Crippen LogP contribution in [0.1, 0.15) is 48.4 Å². The molecule has 1 aromatic carbocycles. The second-order valence-electron chi connectivity index (χ2n) is 5.64. The van der Waals surface area contributed by atoms with Crippen molar-refractivity contribution in [1.29, 1.82) is 0 Å². The van der Waals surface area contributed by atoms with Crippen LogP contribution in [0.15, 0.2) is 34.9 Å². The molecule has 25 heavy (non-hydrogen) atoms. The van der Waals surface area contributed by atoms with Crippen LogP contribution in [0.25, 0.3) is 0 Å². The molecule has 0 aliphatic heterocycles. The molecule has 0 saturated heterocycles. The number of fused-ring (bicyclic) bond motifs is 1. The first kappa shape index (κ1) is 19.3. The third-order valence-electron chi connectivity index (χ3n) is 4.44. The van der Waals surface area contributed by atoms with E-state index in [9.17, 15) is 18.0 Å². The first-order valence-corrected chi connectivity index (χ1v) is 9.96. The SMILES string of the molecule is CCN(CC)C1=C(S(=O)(=O)N(CC)CC)C(=O)c2ccccc2C1=O. The number of likely N-dealkylation sites (N-methyl/N-ethyl adjacent to an activating group) is 1. The molecule has 0 atom stereocenters. The number of nitrogens with zero attached hydrogens (tertiary/aromatic N) is 2. The summed E-state index contributed by atoms with van der Waals surface area (Å²) in [6.07, 6.45) is 0. The Labute approximate surface area is 149 Å². The first-order chi connectivity index (χ1) is 11.8. The van der Waals surface area contributed by atoms with Crippen molar-refractivity contribution in [3.63, 3.8) is 0 Å². The average Bonchev–Trinajstić information content (AvgIpc) is 2.60. The highest BCUT2D eigenvalue weighted by molar-refractivity contribution is 7.94. The third kappa shape index (κ3) is 3.14.